The van der Waals surface area contributed by atoms with E-state index in [9.17, 15) is 9.59 Å². The van der Waals surface area contributed by atoms with E-state index in [0.29, 0.717) is 25.0 Å². The van der Waals surface area contributed by atoms with Crippen molar-refractivity contribution < 1.29 is 14.3 Å². The van der Waals surface area contributed by atoms with Crippen LogP contribution in [0, 0.1) is 0 Å². The number of para-hydroxylation sites is 2. The predicted molar refractivity (Wildman–Crippen MR) is 100 cm³/mol. The zero-order chi connectivity index (χ0) is 17.9. The summed E-state index contributed by atoms with van der Waals surface area (Å²) in [6, 6.07) is 8.40. The average molecular weight is 356 g/mol. The van der Waals surface area contributed by atoms with Crippen LogP contribution in [0.1, 0.15) is 57.8 Å². The molecule has 0 saturated heterocycles. The molecule has 1 aromatic rings. The van der Waals surface area contributed by atoms with Gasteiger partial charge in [-0.3, -0.25) is 9.59 Å². The lowest BCUT2D eigenvalue weighted by Crippen LogP contribution is -2.47. The van der Waals surface area contributed by atoms with Gasteiger partial charge in [-0.25, -0.2) is 0 Å². The lowest BCUT2D eigenvalue weighted by atomic mass is 10.1. The molecule has 5 heteroatoms. The van der Waals surface area contributed by atoms with Crippen LogP contribution in [0.15, 0.2) is 24.3 Å². The van der Waals surface area contributed by atoms with Gasteiger partial charge >= 0.3 is 0 Å². The molecule has 0 spiro atoms. The highest BCUT2D eigenvalue weighted by Crippen LogP contribution is 2.34. The molecule has 0 unspecified atom stereocenters. The first kappa shape index (κ1) is 17.4. The molecule has 1 heterocycles. The second-order valence-corrected chi connectivity index (χ2v) is 7.73. The van der Waals surface area contributed by atoms with E-state index in [1.165, 1.54) is 25.7 Å². The van der Waals surface area contributed by atoms with Crippen LogP contribution in [0.3, 0.4) is 0 Å². The molecule has 140 valence electrons. The van der Waals surface area contributed by atoms with Crippen LogP contribution in [0.25, 0.3) is 0 Å². The Morgan fingerprint density at radius 2 is 1.65 bits per heavy atom. The fourth-order valence-electron chi connectivity index (χ4n) is 4.81. The van der Waals surface area contributed by atoms with E-state index in [1.807, 2.05) is 24.3 Å². The summed E-state index contributed by atoms with van der Waals surface area (Å²) in [5.41, 5.74) is 0.782. The third-order valence-corrected chi connectivity index (χ3v) is 6.08. The normalized spacial score (nSPS) is 20.9. The zero-order valence-corrected chi connectivity index (χ0v) is 15.4. The van der Waals surface area contributed by atoms with Crippen LogP contribution in [0.2, 0.25) is 0 Å². The van der Waals surface area contributed by atoms with Crippen molar-refractivity contribution in [3.63, 3.8) is 0 Å². The molecule has 4 rings (SSSR count). The highest BCUT2D eigenvalue weighted by atomic mass is 16.5. The molecule has 2 saturated carbocycles. The van der Waals surface area contributed by atoms with Crippen molar-refractivity contribution >= 4 is 17.5 Å². The Hall–Kier alpha value is -2.04. The van der Waals surface area contributed by atoms with Gasteiger partial charge < -0.3 is 14.5 Å². The number of ether oxygens (including phenoxy) is 1. The maximum atomic E-state index is 13.1. The van der Waals surface area contributed by atoms with Crippen molar-refractivity contribution in [2.45, 2.75) is 69.9 Å². The predicted octanol–water partition coefficient (Wildman–Crippen LogP) is 3.52. The van der Waals surface area contributed by atoms with Crippen molar-refractivity contribution in [1.29, 1.82) is 0 Å². The van der Waals surface area contributed by atoms with Gasteiger partial charge in [-0.15, -0.1) is 0 Å². The van der Waals surface area contributed by atoms with Crippen LogP contribution in [-0.4, -0.2) is 41.9 Å². The summed E-state index contributed by atoms with van der Waals surface area (Å²) in [5, 5.41) is 0. The number of nitrogens with zero attached hydrogens (tertiary/aromatic N) is 2. The average Bonchev–Trinajstić information content (AvgIpc) is 3.36. The first-order valence-electron chi connectivity index (χ1n) is 10.1. The minimum atomic E-state index is -0.0650. The molecule has 0 bridgehead atoms. The summed E-state index contributed by atoms with van der Waals surface area (Å²) in [5.74, 6) is 0.883. The summed E-state index contributed by atoms with van der Waals surface area (Å²) < 4.78 is 5.50. The van der Waals surface area contributed by atoms with E-state index in [4.69, 9.17) is 4.74 Å². The number of amides is 2. The van der Waals surface area contributed by atoms with E-state index in [2.05, 4.69) is 4.90 Å². The second kappa shape index (κ2) is 7.68. The van der Waals surface area contributed by atoms with Crippen molar-refractivity contribution in [2.75, 3.05) is 18.1 Å². The fourth-order valence-corrected chi connectivity index (χ4v) is 4.81. The van der Waals surface area contributed by atoms with Crippen molar-refractivity contribution in [3.05, 3.63) is 24.3 Å². The lowest BCUT2D eigenvalue weighted by Gasteiger charge is -2.36. The number of benzene rings is 1. The summed E-state index contributed by atoms with van der Waals surface area (Å²) in [4.78, 5) is 29.4. The van der Waals surface area contributed by atoms with Crippen LogP contribution >= 0.6 is 0 Å². The van der Waals surface area contributed by atoms with Crippen molar-refractivity contribution in [2.24, 2.45) is 0 Å². The molecular weight excluding hydrogens is 328 g/mol. The Labute approximate surface area is 155 Å². The molecule has 2 aliphatic carbocycles. The molecule has 2 fully saturated rings. The first-order valence-corrected chi connectivity index (χ1v) is 10.1. The van der Waals surface area contributed by atoms with E-state index >= 15 is 0 Å². The highest BCUT2D eigenvalue weighted by Gasteiger charge is 2.34. The van der Waals surface area contributed by atoms with E-state index in [1.54, 1.807) is 4.90 Å². The number of anilines is 1. The Bertz CT molecular complexity index is 647. The lowest BCUT2D eigenvalue weighted by molar-refractivity contribution is -0.136. The summed E-state index contributed by atoms with van der Waals surface area (Å²) in [6.45, 7) is 0.494. The molecule has 1 aromatic carbocycles. The molecule has 2 amide bonds. The highest BCUT2D eigenvalue weighted by molar-refractivity contribution is 5.98. The Balaban J connectivity index is 1.45. The summed E-state index contributed by atoms with van der Waals surface area (Å²) >= 11 is 0. The van der Waals surface area contributed by atoms with Gasteiger partial charge in [0.05, 0.1) is 5.69 Å². The smallest absolute Gasteiger partial charge is 0.265 e. The minimum Gasteiger partial charge on any atom is -0.482 e. The van der Waals surface area contributed by atoms with Gasteiger partial charge in [0.1, 0.15) is 5.75 Å². The number of rotatable bonds is 5. The number of carbonyl (C=O) groups is 2. The van der Waals surface area contributed by atoms with E-state index in [-0.39, 0.29) is 18.4 Å². The van der Waals surface area contributed by atoms with Gasteiger partial charge in [-0.1, -0.05) is 37.8 Å². The molecule has 0 atom stereocenters. The van der Waals surface area contributed by atoms with Gasteiger partial charge in [0.25, 0.3) is 5.91 Å². The quantitative estimate of drug-likeness (QED) is 0.811. The monoisotopic (exact) mass is 356 g/mol. The largest absolute Gasteiger partial charge is 0.482 e. The van der Waals surface area contributed by atoms with Gasteiger partial charge in [0.2, 0.25) is 5.91 Å². The Kier molecular flexibility index (Phi) is 5.14. The van der Waals surface area contributed by atoms with Gasteiger partial charge in [-0.2, -0.15) is 0 Å². The fraction of sp³-hybridized carbons (Fsp3) is 0.619. The number of hydrogen-bond donors (Lipinski definition) is 0. The molecular formula is C21H28N2O3. The molecule has 0 N–H and O–H groups in total. The molecule has 0 aromatic heterocycles. The zero-order valence-electron chi connectivity index (χ0n) is 15.4. The van der Waals surface area contributed by atoms with Crippen LogP contribution in [0.4, 0.5) is 5.69 Å². The van der Waals surface area contributed by atoms with Crippen LogP contribution in [-0.2, 0) is 9.59 Å². The molecule has 0 radical (unpaired) electrons. The van der Waals surface area contributed by atoms with E-state index in [0.717, 1.165) is 37.1 Å². The van der Waals surface area contributed by atoms with Crippen molar-refractivity contribution in [3.8, 4) is 5.75 Å². The maximum Gasteiger partial charge on any atom is 0.265 e. The standard InChI is InChI=1S/C21H28N2O3/c24-20(23(16-7-1-2-8-16)17-9-3-4-10-17)13-14-22-18-11-5-6-12-19(18)26-15-21(22)25/h5-6,11-12,16-17H,1-4,7-10,13-15H2. The van der Waals surface area contributed by atoms with Crippen LogP contribution < -0.4 is 9.64 Å². The Morgan fingerprint density at radius 1 is 1.04 bits per heavy atom. The topological polar surface area (TPSA) is 49.9 Å². The molecule has 1 aliphatic heterocycles. The molecule has 3 aliphatic rings. The third-order valence-electron chi connectivity index (χ3n) is 6.08. The number of hydrogen-bond acceptors (Lipinski definition) is 3. The first-order chi connectivity index (χ1) is 12.7. The maximum absolute atomic E-state index is 13.1. The van der Waals surface area contributed by atoms with E-state index < -0.39 is 0 Å². The number of fused-ring (bicyclic) bond motifs is 1. The summed E-state index contributed by atoms with van der Waals surface area (Å²) in [6.07, 6.45) is 9.89. The SMILES string of the molecule is O=C1COc2ccccc2N1CCC(=O)N(C1CCCC1)C1CCCC1. The van der Waals surface area contributed by atoms with Crippen molar-refractivity contribution in [1.82, 2.24) is 4.90 Å². The van der Waals surface area contributed by atoms with Gasteiger partial charge in [0.15, 0.2) is 6.61 Å². The molecule has 26 heavy (non-hydrogen) atoms. The Morgan fingerprint density at radius 3 is 2.31 bits per heavy atom. The number of carbonyl (C=O) groups excluding carboxylic acids is 2. The van der Waals surface area contributed by atoms with Gasteiger partial charge in [0, 0.05) is 25.0 Å². The second-order valence-electron chi connectivity index (χ2n) is 7.73. The van der Waals surface area contributed by atoms with Gasteiger partial charge in [-0.05, 0) is 37.8 Å². The molecule has 5 nitrogen and oxygen atoms in total. The minimum absolute atomic E-state index is 0.0557. The third kappa shape index (κ3) is 3.44. The van der Waals surface area contributed by atoms with Crippen LogP contribution in [0.5, 0.6) is 5.75 Å². The summed E-state index contributed by atoms with van der Waals surface area (Å²) in [7, 11) is 0.